The number of carbonyl (C=O) groups is 3. The first-order valence-corrected chi connectivity index (χ1v) is 18.3. The number of likely N-dealkylation sites (tertiary alicyclic amines) is 2. The molecule has 7 rings (SSSR count). The van der Waals surface area contributed by atoms with Crippen LogP contribution in [-0.4, -0.2) is 91.1 Å². The summed E-state index contributed by atoms with van der Waals surface area (Å²) >= 11 is 0. The molecule has 2 saturated heterocycles. The van der Waals surface area contributed by atoms with Crippen LogP contribution in [0.1, 0.15) is 64.3 Å². The summed E-state index contributed by atoms with van der Waals surface area (Å²) in [6.45, 7) is 9.19. The van der Waals surface area contributed by atoms with Crippen molar-refractivity contribution < 1.29 is 24.2 Å². The van der Waals surface area contributed by atoms with E-state index in [1.165, 1.54) is 16.9 Å². The number of carboxylic acid groups (broad SMARTS) is 1. The summed E-state index contributed by atoms with van der Waals surface area (Å²) in [4.78, 5) is 59.1. The fourth-order valence-electron chi connectivity index (χ4n) is 8.11. The number of rotatable bonds is 8. The maximum Gasteiger partial charge on any atom is 0.409 e. The van der Waals surface area contributed by atoms with E-state index in [0.717, 1.165) is 63.2 Å². The van der Waals surface area contributed by atoms with Crippen LogP contribution < -0.4 is 0 Å². The molecule has 0 aliphatic carbocycles. The molecule has 0 saturated carbocycles. The maximum atomic E-state index is 13.9. The normalized spacial score (nSPS) is 20.7. The van der Waals surface area contributed by atoms with Gasteiger partial charge in [-0.2, -0.15) is 0 Å². The topological polar surface area (TPSA) is 148 Å². The van der Waals surface area contributed by atoms with Crippen LogP contribution in [0.3, 0.4) is 0 Å². The second-order valence-electron chi connectivity index (χ2n) is 15.1. The Hall–Kier alpha value is -5.65. The Balaban J connectivity index is 1.06. The lowest BCUT2D eigenvalue weighted by atomic mass is 9.99. The number of methoxy groups -OCH3 is 1. The number of aromatic nitrogens is 4. The Labute approximate surface area is 309 Å². The quantitative estimate of drug-likeness (QED) is 0.147. The van der Waals surface area contributed by atoms with Gasteiger partial charge in [0.2, 0.25) is 5.91 Å². The summed E-state index contributed by atoms with van der Waals surface area (Å²) in [7, 11) is 2.94. The SMILES string of the molecule is COC(=O)N(C)[C@H](C(=O)N1C[C@@H](C)C[C@H]1c1nc2ccc(-c3ccc(-c4ccc(-c5cnc([C@@H]6C[C@H](C)CN6C(=O)O)[nH]5)cc4)cc3)cc2[nH]1)C(C)C. The summed E-state index contributed by atoms with van der Waals surface area (Å²) in [6, 6.07) is 21.8. The van der Waals surface area contributed by atoms with Crippen molar-refractivity contribution in [2.24, 2.45) is 17.8 Å². The highest BCUT2D eigenvalue weighted by molar-refractivity contribution is 5.87. The van der Waals surface area contributed by atoms with E-state index in [9.17, 15) is 19.5 Å². The third-order valence-corrected chi connectivity index (χ3v) is 10.8. The highest BCUT2D eigenvalue weighted by Crippen LogP contribution is 2.38. The summed E-state index contributed by atoms with van der Waals surface area (Å²) in [5.74, 6) is 1.81. The highest BCUT2D eigenvalue weighted by atomic mass is 16.5. The molecule has 3 aromatic carbocycles. The number of amides is 3. The molecule has 0 bridgehead atoms. The Bertz CT molecular complexity index is 2120. The van der Waals surface area contributed by atoms with Crippen molar-refractivity contribution in [2.45, 2.75) is 58.7 Å². The van der Waals surface area contributed by atoms with Crippen LogP contribution in [0.4, 0.5) is 9.59 Å². The highest BCUT2D eigenvalue weighted by Gasteiger charge is 2.42. The fraction of sp³-hybridized carbons (Fsp3) is 0.390. The Morgan fingerprint density at radius 3 is 1.94 bits per heavy atom. The van der Waals surface area contributed by atoms with Gasteiger partial charge in [-0.15, -0.1) is 0 Å². The molecule has 4 heterocycles. The van der Waals surface area contributed by atoms with Gasteiger partial charge in [0.15, 0.2) is 0 Å². The van der Waals surface area contributed by atoms with Crippen LogP contribution in [-0.2, 0) is 9.53 Å². The number of aromatic amines is 2. The van der Waals surface area contributed by atoms with Gasteiger partial charge in [0.25, 0.3) is 0 Å². The number of fused-ring (bicyclic) bond motifs is 1. The minimum absolute atomic E-state index is 0.0942. The van der Waals surface area contributed by atoms with Crippen molar-refractivity contribution in [1.29, 1.82) is 0 Å². The van der Waals surface area contributed by atoms with E-state index in [1.54, 1.807) is 13.2 Å². The third kappa shape index (κ3) is 6.97. The number of H-pyrrole nitrogens is 2. The summed E-state index contributed by atoms with van der Waals surface area (Å²) in [6.07, 6.45) is 1.86. The largest absolute Gasteiger partial charge is 0.465 e. The summed E-state index contributed by atoms with van der Waals surface area (Å²) in [5, 5.41) is 9.63. The van der Waals surface area contributed by atoms with Crippen molar-refractivity contribution >= 4 is 29.1 Å². The van der Waals surface area contributed by atoms with E-state index >= 15 is 0 Å². The molecule has 5 atom stereocenters. The molecule has 12 heteroatoms. The van der Waals surface area contributed by atoms with E-state index in [-0.39, 0.29) is 29.8 Å². The predicted molar refractivity (Wildman–Crippen MR) is 203 cm³/mol. The Morgan fingerprint density at radius 1 is 0.811 bits per heavy atom. The second-order valence-corrected chi connectivity index (χ2v) is 15.1. The first kappa shape index (κ1) is 35.7. The summed E-state index contributed by atoms with van der Waals surface area (Å²) in [5.41, 5.74) is 7.87. The fourth-order valence-corrected chi connectivity index (χ4v) is 8.11. The number of imidazole rings is 2. The monoisotopic (exact) mass is 717 g/mol. The van der Waals surface area contributed by atoms with Gasteiger partial charge < -0.3 is 24.7 Å². The number of nitrogens with one attached hydrogen (secondary N) is 2. The number of hydrogen-bond donors (Lipinski definition) is 3. The molecular formula is C41H47N7O5. The first-order chi connectivity index (χ1) is 25.4. The first-order valence-electron chi connectivity index (χ1n) is 18.3. The number of carbonyl (C=O) groups excluding carboxylic acids is 2. The molecule has 2 aliphatic rings. The molecule has 0 radical (unpaired) electrons. The number of hydrogen-bond acceptors (Lipinski definition) is 6. The molecule has 2 fully saturated rings. The van der Waals surface area contributed by atoms with E-state index in [4.69, 9.17) is 9.72 Å². The van der Waals surface area contributed by atoms with Crippen LogP contribution in [0, 0.1) is 17.8 Å². The molecule has 0 unspecified atom stereocenters. The zero-order chi connectivity index (χ0) is 37.6. The van der Waals surface area contributed by atoms with Gasteiger partial charge in [0.05, 0.1) is 42.1 Å². The van der Waals surface area contributed by atoms with Gasteiger partial charge >= 0.3 is 12.2 Å². The molecule has 2 aromatic heterocycles. The van der Waals surface area contributed by atoms with Gasteiger partial charge in [0, 0.05) is 20.1 Å². The van der Waals surface area contributed by atoms with Crippen molar-refractivity contribution in [3.63, 3.8) is 0 Å². The molecule has 12 nitrogen and oxygen atoms in total. The van der Waals surface area contributed by atoms with Crippen LogP contribution >= 0.6 is 0 Å². The number of benzene rings is 3. The van der Waals surface area contributed by atoms with Crippen molar-refractivity contribution in [3.8, 4) is 33.5 Å². The maximum absolute atomic E-state index is 13.9. The smallest absolute Gasteiger partial charge is 0.409 e. The lowest BCUT2D eigenvalue weighted by Crippen LogP contribution is -2.52. The molecule has 5 aromatic rings. The zero-order valence-corrected chi connectivity index (χ0v) is 31.0. The van der Waals surface area contributed by atoms with Gasteiger partial charge in [-0.3, -0.25) is 14.6 Å². The van der Waals surface area contributed by atoms with Crippen LogP contribution in [0.25, 0.3) is 44.5 Å². The molecule has 276 valence electrons. The number of likely N-dealkylation sites (N-methyl/N-ethyl adjacent to an activating group) is 1. The van der Waals surface area contributed by atoms with Crippen LogP contribution in [0.5, 0.6) is 0 Å². The van der Waals surface area contributed by atoms with Crippen LogP contribution in [0.15, 0.2) is 72.9 Å². The third-order valence-electron chi connectivity index (χ3n) is 10.8. The van der Waals surface area contributed by atoms with Crippen LogP contribution in [0.2, 0.25) is 0 Å². The van der Waals surface area contributed by atoms with E-state index in [0.29, 0.717) is 24.8 Å². The molecule has 53 heavy (non-hydrogen) atoms. The lowest BCUT2D eigenvalue weighted by molar-refractivity contribution is -0.138. The van der Waals surface area contributed by atoms with E-state index in [2.05, 4.69) is 89.5 Å². The van der Waals surface area contributed by atoms with Crippen molar-refractivity contribution in [2.75, 3.05) is 27.2 Å². The average Bonchev–Trinajstić information content (AvgIpc) is 3.96. The Morgan fingerprint density at radius 2 is 1.36 bits per heavy atom. The second kappa shape index (κ2) is 14.4. The lowest BCUT2D eigenvalue weighted by Gasteiger charge is -2.34. The average molecular weight is 718 g/mol. The number of nitrogens with zero attached hydrogens (tertiary/aromatic N) is 5. The molecule has 0 spiro atoms. The standard InChI is InChI=1S/C41H47N7O5/c1-23(2)36(46(5)41(52)53-6)39(49)47-21-24(3)18-35(47)38-43-31-16-15-30(19-32(31)44-38)28-9-7-26(8-10-28)27-11-13-29(14-12-27)33-20-42-37(45-33)34-17-25(4)22-48(34)40(50)51/h7-16,19-20,23-25,34-36H,17-18,21-22H2,1-6H3,(H,42,45)(H,43,44)(H,50,51)/t24-,25-,34-,35-,36-/m0/s1. The van der Waals surface area contributed by atoms with Gasteiger partial charge in [-0.1, -0.05) is 82.3 Å². The van der Waals surface area contributed by atoms with Crippen molar-refractivity contribution in [3.05, 3.63) is 84.6 Å². The zero-order valence-electron chi connectivity index (χ0n) is 31.0. The predicted octanol–water partition coefficient (Wildman–Crippen LogP) is 7.98. The Kier molecular flexibility index (Phi) is 9.71. The van der Waals surface area contributed by atoms with Gasteiger partial charge in [-0.05, 0) is 70.5 Å². The molecule has 3 N–H and O–H groups in total. The van der Waals surface area contributed by atoms with E-state index < -0.39 is 18.2 Å². The molecular weight excluding hydrogens is 670 g/mol. The minimum atomic E-state index is -0.914. The van der Waals surface area contributed by atoms with Crippen molar-refractivity contribution in [1.82, 2.24) is 34.6 Å². The van der Waals surface area contributed by atoms with Gasteiger partial charge in [-0.25, -0.2) is 19.6 Å². The summed E-state index contributed by atoms with van der Waals surface area (Å²) < 4.78 is 4.93. The van der Waals surface area contributed by atoms with Gasteiger partial charge in [0.1, 0.15) is 17.7 Å². The minimum Gasteiger partial charge on any atom is -0.465 e. The number of ether oxygens (including phenoxy) is 1. The molecule has 3 amide bonds. The molecule has 2 aliphatic heterocycles. The van der Waals surface area contributed by atoms with E-state index in [1.807, 2.05) is 24.8 Å².